The molecule has 96 valence electrons. The van der Waals surface area contributed by atoms with Crippen LogP contribution in [0.15, 0.2) is 18.5 Å². The first-order valence-corrected chi connectivity index (χ1v) is 6.21. The molecule has 2 heterocycles. The van der Waals surface area contributed by atoms with E-state index in [2.05, 4.69) is 10.3 Å². The van der Waals surface area contributed by atoms with Gasteiger partial charge in [-0.2, -0.15) is 0 Å². The average Bonchev–Trinajstić information content (AvgIpc) is 2.75. The largest absolute Gasteiger partial charge is 0.350 e. The van der Waals surface area contributed by atoms with Gasteiger partial charge in [-0.3, -0.25) is 14.6 Å². The second-order valence-electron chi connectivity index (χ2n) is 4.13. The van der Waals surface area contributed by atoms with Gasteiger partial charge in [0.25, 0.3) is 5.91 Å². The van der Waals surface area contributed by atoms with Gasteiger partial charge in [0.2, 0.25) is 5.91 Å². The van der Waals surface area contributed by atoms with Crippen molar-refractivity contribution in [2.75, 3.05) is 19.6 Å². The normalized spacial score (nSPS) is 14.9. The highest BCUT2D eigenvalue weighted by molar-refractivity contribution is 6.30. The number of carbonyl (C=O) groups excluding carboxylic acids is 2. The number of likely N-dealkylation sites (tertiary alicyclic amines) is 1. The molecule has 1 N–H and O–H groups in total. The first-order valence-electron chi connectivity index (χ1n) is 5.83. The molecule has 1 aromatic heterocycles. The van der Waals surface area contributed by atoms with Gasteiger partial charge in [-0.05, 0) is 12.5 Å². The van der Waals surface area contributed by atoms with Gasteiger partial charge in [0.1, 0.15) is 0 Å². The van der Waals surface area contributed by atoms with Crippen LogP contribution in [0, 0.1) is 0 Å². The summed E-state index contributed by atoms with van der Waals surface area (Å²) in [5.41, 5.74) is 0.426. The van der Waals surface area contributed by atoms with Gasteiger partial charge in [0.05, 0.1) is 10.6 Å². The maximum Gasteiger partial charge on any atom is 0.252 e. The predicted octanol–water partition coefficient (Wildman–Crippen LogP) is 1.09. The third kappa shape index (κ3) is 3.20. The number of rotatable bonds is 4. The fourth-order valence-corrected chi connectivity index (χ4v) is 2.06. The zero-order chi connectivity index (χ0) is 13.0. The van der Waals surface area contributed by atoms with Crippen molar-refractivity contribution in [2.45, 2.75) is 12.8 Å². The minimum atomic E-state index is -0.225. The Morgan fingerprint density at radius 2 is 2.33 bits per heavy atom. The summed E-state index contributed by atoms with van der Waals surface area (Å²) in [5.74, 6) is -0.0645. The Bertz CT molecular complexity index is 464. The molecule has 0 unspecified atom stereocenters. The molecule has 0 saturated carbocycles. The van der Waals surface area contributed by atoms with E-state index in [-0.39, 0.29) is 11.8 Å². The monoisotopic (exact) mass is 267 g/mol. The second-order valence-corrected chi connectivity index (χ2v) is 4.57. The molecule has 0 aliphatic carbocycles. The minimum Gasteiger partial charge on any atom is -0.350 e. The highest BCUT2D eigenvalue weighted by Crippen LogP contribution is 2.09. The molecule has 1 fully saturated rings. The first-order chi connectivity index (χ1) is 8.66. The molecule has 0 aromatic carbocycles. The number of carbonyl (C=O) groups is 2. The highest BCUT2D eigenvalue weighted by atomic mass is 35.5. The standard InChI is InChI=1S/C12H14ClN3O2/c13-10-6-9(7-14-8-10)12(18)15-3-5-16-4-1-2-11(16)17/h6-8H,1-5H2,(H,15,18). The van der Waals surface area contributed by atoms with E-state index >= 15 is 0 Å². The van der Waals surface area contributed by atoms with Crippen LogP contribution in [0.1, 0.15) is 23.2 Å². The second kappa shape index (κ2) is 5.82. The van der Waals surface area contributed by atoms with E-state index in [1.165, 1.54) is 12.4 Å². The van der Waals surface area contributed by atoms with Crippen LogP contribution in [0.5, 0.6) is 0 Å². The van der Waals surface area contributed by atoms with E-state index in [1.807, 2.05) is 0 Å². The maximum absolute atomic E-state index is 11.7. The molecule has 0 spiro atoms. The van der Waals surface area contributed by atoms with Crippen LogP contribution in [-0.4, -0.2) is 41.3 Å². The number of hydrogen-bond donors (Lipinski definition) is 1. The average molecular weight is 268 g/mol. The molecule has 0 bridgehead atoms. The molecule has 1 aliphatic rings. The van der Waals surface area contributed by atoms with Crippen LogP contribution in [-0.2, 0) is 4.79 Å². The fourth-order valence-electron chi connectivity index (χ4n) is 1.88. The molecular formula is C12H14ClN3O2. The van der Waals surface area contributed by atoms with Crippen LogP contribution in [0.4, 0.5) is 0 Å². The van der Waals surface area contributed by atoms with Gasteiger partial charge in [0, 0.05) is 38.4 Å². The van der Waals surface area contributed by atoms with E-state index in [0.29, 0.717) is 30.1 Å². The van der Waals surface area contributed by atoms with Gasteiger partial charge >= 0.3 is 0 Å². The third-order valence-corrected chi connectivity index (χ3v) is 3.01. The van der Waals surface area contributed by atoms with Crippen molar-refractivity contribution >= 4 is 23.4 Å². The van der Waals surface area contributed by atoms with E-state index < -0.39 is 0 Å². The summed E-state index contributed by atoms with van der Waals surface area (Å²) in [4.78, 5) is 28.7. The molecule has 0 atom stereocenters. The van der Waals surface area contributed by atoms with E-state index in [4.69, 9.17) is 11.6 Å². The summed E-state index contributed by atoms with van der Waals surface area (Å²) < 4.78 is 0. The molecule has 1 aliphatic heterocycles. The minimum absolute atomic E-state index is 0.161. The predicted molar refractivity (Wildman–Crippen MR) is 67.4 cm³/mol. The van der Waals surface area contributed by atoms with Gasteiger partial charge in [-0.25, -0.2) is 0 Å². The summed E-state index contributed by atoms with van der Waals surface area (Å²) in [6.07, 6.45) is 4.46. The van der Waals surface area contributed by atoms with Crippen molar-refractivity contribution < 1.29 is 9.59 Å². The van der Waals surface area contributed by atoms with Crippen molar-refractivity contribution in [2.24, 2.45) is 0 Å². The smallest absolute Gasteiger partial charge is 0.252 e. The number of nitrogens with one attached hydrogen (secondary N) is 1. The van der Waals surface area contributed by atoms with Crippen molar-refractivity contribution in [3.8, 4) is 0 Å². The molecular weight excluding hydrogens is 254 g/mol. The van der Waals surface area contributed by atoms with Crippen LogP contribution < -0.4 is 5.32 Å². The summed E-state index contributed by atoms with van der Waals surface area (Å²) in [6.45, 7) is 1.78. The molecule has 5 nitrogen and oxygen atoms in total. The van der Waals surface area contributed by atoms with Crippen molar-refractivity contribution in [1.82, 2.24) is 15.2 Å². The lowest BCUT2D eigenvalue weighted by Gasteiger charge is -2.15. The zero-order valence-corrected chi connectivity index (χ0v) is 10.6. The van der Waals surface area contributed by atoms with Gasteiger partial charge in [-0.15, -0.1) is 0 Å². The van der Waals surface area contributed by atoms with Crippen LogP contribution in [0.3, 0.4) is 0 Å². The van der Waals surface area contributed by atoms with E-state index in [1.54, 1.807) is 11.0 Å². The fraction of sp³-hybridized carbons (Fsp3) is 0.417. The quantitative estimate of drug-likeness (QED) is 0.888. The molecule has 2 rings (SSSR count). The highest BCUT2D eigenvalue weighted by Gasteiger charge is 2.19. The Morgan fingerprint density at radius 3 is 3.00 bits per heavy atom. The number of nitrogens with zero attached hydrogens (tertiary/aromatic N) is 2. The first kappa shape index (κ1) is 12.8. The summed E-state index contributed by atoms with van der Waals surface area (Å²) >= 11 is 5.75. The molecule has 18 heavy (non-hydrogen) atoms. The van der Waals surface area contributed by atoms with Gasteiger partial charge in [0.15, 0.2) is 0 Å². The zero-order valence-electron chi connectivity index (χ0n) is 9.86. The molecule has 6 heteroatoms. The van der Waals surface area contributed by atoms with Gasteiger partial charge in [-0.1, -0.05) is 11.6 Å². The van der Waals surface area contributed by atoms with Crippen LogP contribution in [0.25, 0.3) is 0 Å². The summed E-state index contributed by atoms with van der Waals surface area (Å²) in [5, 5.41) is 3.17. The Labute approximate surface area is 110 Å². The number of hydrogen-bond acceptors (Lipinski definition) is 3. The number of halogens is 1. The molecule has 2 amide bonds. The number of pyridine rings is 1. The van der Waals surface area contributed by atoms with E-state index in [0.717, 1.165) is 13.0 Å². The summed E-state index contributed by atoms with van der Waals surface area (Å²) in [6, 6.07) is 1.56. The van der Waals surface area contributed by atoms with Crippen LogP contribution in [0.2, 0.25) is 5.02 Å². The molecule has 0 radical (unpaired) electrons. The Hall–Kier alpha value is -1.62. The number of aromatic nitrogens is 1. The lowest BCUT2D eigenvalue weighted by molar-refractivity contribution is -0.127. The lowest BCUT2D eigenvalue weighted by Crippen LogP contribution is -2.35. The van der Waals surface area contributed by atoms with Gasteiger partial charge < -0.3 is 10.2 Å². The number of amides is 2. The van der Waals surface area contributed by atoms with Crippen LogP contribution >= 0.6 is 11.6 Å². The topological polar surface area (TPSA) is 62.3 Å². The van der Waals surface area contributed by atoms with Crippen molar-refractivity contribution in [3.63, 3.8) is 0 Å². The molecule has 1 aromatic rings. The SMILES string of the molecule is O=C(NCCN1CCCC1=O)c1cncc(Cl)c1. The summed E-state index contributed by atoms with van der Waals surface area (Å²) in [7, 11) is 0. The lowest BCUT2D eigenvalue weighted by atomic mass is 10.2. The third-order valence-electron chi connectivity index (χ3n) is 2.81. The Kier molecular flexibility index (Phi) is 4.15. The van der Waals surface area contributed by atoms with Crippen molar-refractivity contribution in [1.29, 1.82) is 0 Å². The maximum atomic E-state index is 11.7. The van der Waals surface area contributed by atoms with Crippen molar-refractivity contribution in [3.05, 3.63) is 29.0 Å². The Morgan fingerprint density at radius 1 is 1.50 bits per heavy atom. The van der Waals surface area contributed by atoms with E-state index in [9.17, 15) is 9.59 Å². The molecule has 1 saturated heterocycles. The Balaban J connectivity index is 1.80.